The summed E-state index contributed by atoms with van der Waals surface area (Å²) >= 11 is 0. The van der Waals surface area contributed by atoms with Gasteiger partial charge in [-0.15, -0.1) is 0 Å². The predicted molar refractivity (Wildman–Crippen MR) is 74.4 cm³/mol. The number of hydrogen-bond donors (Lipinski definition) is 1. The molecule has 1 saturated carbocycles. The number of piperidine rings is 1. The van der Waals surface area contributed by atoms with E-state index in [1.807, 2.05) is 0 Å². The molecule has 0 radical (unpaired) electrons. The van der Waals surface area contributed by atoms with Crippen LogP contribution in [0.5, 0.6) is 0 Å². The van der Waals surface area contributed by atoms with Crippen molar-refractivity contribution < 1.29 is 0 Å². The Morgan fingerprint density at radius 1 is 1.06 bits per heavy atom. The maximum absolute atomic E-state index is 3.68. The lowest BCUT2D eigenvalue weighted by molar-refractivity contribution is 0.129. The maximum Gasteiger partial charge on any atom is 0.00950 e. The smallest absolute Gasteiger partial charge is 0.00950 e. The summed E-state index contributed by atoms with van der Waals surface area (Å²) in [5.74, 6) is 0. The molecule has 0 aromatic rings. The second-order valence-corrected chi connectivity index (χ2v) is 6.19. The van der Waals surface area contributed by atoms with Crippen molar-refractivity contribution in [1.82, 2.24) is 10.2 Å². The molecule has 0 spiro atoms. The van der Waals surface area contributed by atoms with Crippen LogP contribution in [-0.4, -0.2) is 36.6 Å². The monoisotopic (exact) mass is 238 g/mol. The summed E-state index contributed by atoms with van der Waals surface area (Å²) in [6, 6.07) is 2.39. The van der Waals surface area contributed by atoms with Crippen LogP contribution in [0, 0.1) is 0 Å². The van der Waals surface area contributed by atoms with Crippen LogP contribution in [0.3, 0.4) is 0 Å². The first-order chi connectivity index (χ1) is 8.27. The van der Waals surface area contributed by atoms with Gasteiger partial charge in [0.05, 0.1) is 0 Å². The van der Waals surface area contributed by atoms with Crippen molar-refractivity contribution in [2.45, 2.75) is 82.8 Å². The zero-order valence-corrected chi connectivity index (χ0v) is 11.8. The third kappa shape index (κ3) is 3.96. The van der Waals surface area contributed by atoms with Crippen LogP contribution in [0.4, 0.5) is 0 Å². The van der Waals surface area contributed by atoms with E-state index in [0.717, 1.165) is 18.1 Å². The van der Waals surface area contributed by atoms with Crippen LogP contribution in [-0.2, 0) is 0 Å². The molecule has 1 N–H and O–H groups in total. The molecule has 2 nitrogen and oxygen atoms in total. The minimum Gasteiger partial charge on any atom is -0.314 e. The van der Waals surface area contributed by atoms with E-state index in [1.165, 1.54) is 64.3 Å². The van der Waals surface area contributed by atoms with E-state index in [9.17, 15) is 0 Å². The molecule has 1 aliphatic heterocycles. The standard InChI is InChI=1S/C15H30N2/c1-13(12-14-8-6-7-11-16-14)17(2)15-9-4-3-5-10-15/h13-16H,3-12H2,1-2H3. The molecule has 2 aliphatic rings. The Bertz CT molecular complexity index is 205. The zero-order chi connectivity index (χ0) is 12.1. The average molecular weight is 238 g/mol. The molecule has 2 heteroatoms. The van der Waals surface area contributed by atoms with E-state index in [2.05, 4.69) is 24.2 Å². The Morgan fingerprint density at radius 2 is 1.76 bits per heavy atom. The lowest BCUT2D eigenvalue weighted by Gasteiger charge is -2.37. The van der Waals surface area contributed by atoms with Crippen molar-refractivity contribution >= 4 is 0 Å². The highest BCUT2D eigenvalue weighted by Crippen LogP contribution is 2.24. The van der Waals surface area contributed by atoms with Crippen molar-refractivity contribution in [2.24, 2.45) is 0 Å². The Labute approximate surface area is 107 Å². The number of hydrogen-bond acceptors (Lipinski definition) is 2. The van der Waals surface area contributed by atoms with Crippen LogP contribution in [0.15, 0.2) is 0 Å². The van der Waals surface area contributed by atoms with E-state index >= 15 is 0 Å². The third-order valence-corrected chi connectivity index (χ3v) is 4.88. The summed E-state index contributed by atoms with van der Waals surface area (Å²) in [4.78, 5) is 2.66. The predicted octanol–water partition coefficient (Wildman–Crippen LogP) is 3.17. The molecule has 2 rings (SSSR count). The molecule has 2 fully saturated rings. The Morgan fingerprint density at radius 3 is 2.41 bits per heavy atom. The first-order valence-corrected chi connectivity index (χ1v) is 7.72. The fourth-order valence-electron chi connectivity index (χ4n) is 3.55. The summed E-state index contributed by atoms with van der Waals surface area (Å²) in [6.45, 7) is 3.66. The maximum atomic E-state index is 3.68. The van der Waals surface area contributed by atoms with E-state index in [-0.39, 0.29) is 0 Å². The lowest BCUT2D eigenvalue weighted by atomic mass is 9.92. The van der Waals surface area contributed by atoms with Crippen LogP contribution < -0.4 is 5.32 Å². The largest absolute Gasteiger partial charge is 0.314 e. The number of rotatable bonds is 4. The van der Waals surface area contributed by atoms with Gasteiger partial charge in [-0.05, 0) is 52.6 Å². The molecule has 100 valence electrons. The normalized spacial score (nSPS) is 29.5. The van der Waals surface area contributed by atoms with Gasteiger partial charge < -0.3 is 10.2 Å². The zero-order valence-electron chi connectivity index (χ0n) is 11.8. The molecule has 17 heavy (non-hydrogen) atoms. The van der Waals surface area contributed by atoms with Gasteiger partial charge in [-0.3, -0.25) is 0 Å². The van der Waals surface area contributed by atoms with E-state index in [1.54, 1.807) is 0 Å². The second-order valence-electron chi connectivity index (χ2n) is 6.19. The molecular formula is C15H30N2. The first-order valence-electron chi connectivity index (χ1n) is 7.72. The molecule has 0 amide bonds. The van der Waals surface area contributed by atoms with Gasteiger partial charge in [0.2, 0.25) is 0 Å². The number of nitrogens with one attached hydrogen (secondary N) is 1. The fourth-order valence-corrected chi connectivity index (χ4v) is 3.55. The minimum atomic E-state index is 0.744. The van der Waals surface area contributed by atoms with Crippen LogP contribution in [0.25, 0.3) is 0 Å². The molecular weight excluding hydrogens is 208 g/mol. The molecule has 1 heterocycles. The van der Waals surface area contributed by atoms with Gasteiger partial charge in [-0.1, -0.05) is 25.7 Å². The summed E-state index contributed by atoms with van der Waals surface area (Å²) in [7, 11) is 2.35. The van der Waals surface area contributed by atoms with Crippen molar-refractivity contribution in [1.29, 1.82) is 0 Å². The van der Waals surface area contributed by atoms with Gasteiger partial charge in [-0.2, -0.15) is 0 Å². The summed E-state index contributed by atoms with van der Waals surface area (Å²) in [5.41, 5.74) is 0. The Balaban J connectivity index is 1.75. The fraction of sp³-hybridized carbons (Fsp3) is 1.00. The van der Waals surface area contributed by atoms with Crippen molar-refractivity contribution in [2.75, 3.05) is 13.6 Å². The number of nitrogens with zero attached hydrogens (tertiary/aromatic N) is 1. The Kier molecular flexibility index (Phi) is 5.30. The van der Waals surface area contributed by atoms with Crippen molar-refractivity contribution in [3.05, 3.63) is 0 Å². The molecule has 2 atom stereocenters. The molecule has 2 unspecified atom stereocenters. The van der Waals surface area contributed by atoms with Crippen molar-refractivity contribution in [3.8, 4) is 0 Å². The average Bonchev–Trinajstić information content (AvgIpc) is 2.40. The summed E-state index contributed by atoms with van der Waals surface area (Å²) in [6.07, 6.45) is 12.8. The third-order valence-electron chi connectivity index (χ3n) is 4.88. The second kappa shape index (κ2) is 6.75. The summed E-state index contributed by atoms with van der Waals surface area (Å²) in [5, 5.41) is 3.68. The SMILES string of the molecule is CC(CC1CCCCN1)N(C)C1CCCCC1. The quantitative estimate of drug-likeness (QED) is 0.809. The van der Waals surface area contributed by atoms with E-state index in [4.69, 9.17) is 0 Å². The lowest BCUT2D eigenvalue weighted by Crippen LogP contribution is -2.44. The minimum absolute atomic E-state index is 0.744. The summed E-state index contributed by atoms with van der Waals surface area (Å²) < 4.78 is 0. The van der Waals surface area contributed by atoms with Gasteiger partial charge in [0.1, 0.15) is 0 Å². The Hall–Kier alpha value is -0.0800. The first kappa shape index (κ1) is 13.4. The van der Waals surface area contributed by atoms with E-state index in [0.29, 0.717) is 0 Å². The van der Waals surface area contributed by atoms with Gasteiger partial charge in [0.25, 0.3) is 0 Å². The topological polar surface area (TPSA) is 15.3 Å². The van der Waals surface area contributed by atoms with Crippen LogP contribution in [0.2, 0.25) is 0 Å². The van der Waals surface area contributed by atoms with E-state index < -0.39 is 0 Å². The molecule has 0 aromatic carbocycles. The van der Waals surface area contributed by atoms with Gasteiger partial charge in [-0.25, -0.2) is 0 Å². The highest BCUT2D eigenvalue weighted by Gasteiger charge is 2.24. The van der Waals surface area contributed by atoms with Crippen molar-refractivity contribution in [3.63, 3.8) is 0 Å². The van der Waals surface area contributed by atoms with Crippen LogP contribution >= 0.6 is 0 Å². The van der Waals surface area contributed by atoms with Gasteiger partial charge in [0, 0.05) is 18.1 Å². The molecule has 1 saturated heterocycles. The van der Waals surface area contributed by atoms with Crippen LogP contribution in [0.1, 0.15) is 64.7 Å². The van der Waals surface area contributed by atoms with Gasteiger partial charge >= 0.3 is 0 Å². The molecule has 0 bridgehead atoms. The highest BCUT2D eigenvalue weighted by molar-refractivity contribution is 4.82. The van der Waals surface area contributed by atoms with Gasteiger partial charge in [0.15, 0.2) is 0 Å². The molecule has 1 aliphatic carbocycles. The highest BCUT2D eigenvalue weighted by atomic mass is 15.2. The molecule has 0 aromatic heterocycles.